The van der Waals surface area contributed by atoms with Gasteiger partial charge in [-0.15, -0.1) is 0 Å². The zero-order valence-corrected chi connectivity index (χ0v) is 14.8. The number of nitrogens with zero attached hydrogens (tertiary/aromatic N) is 2. The van der Waals surface area contributed by atoms with Crippen LogP contribution in [0.25, 0.3) is 0 Å². The quantitative estimate of drug-likeness (QED) is 0.542. The number of hydrogen-bond acceptors (Lipinski definition) is 4. The lowest BCUT2D eigenvalue weighted by atomic mass is 9.94. The Hall–Kier alpha value is -1.46. The zero-order valence-electron chi connectivity index (χ0n) is 14.8. The fourth-order valence-corrected chi connectivity index (χ4v) is 2.43. The maximum Gasteiger partial charge on any atom is 0.453 e. The largest absolute Gasteiger partial charge is 0.453 e. The Morgan fingerprint density at radius 2 is 0.864 bits per heavy atom. The second-order valence-corrected chi connectivity index (χ2v) is 5.42. The van der Waals surface area contributed by atoms with Crippen molar-refractivity contribution >= 4 is 12.2 Å². The third-order valence-corrected chi connectivity index (χ3v) is 4.69. The monoisotopic (exact) mass is 314 g/mol. The molecular weight excluding hydrogens is 284 g/mol. The molecule has 0 saturated carbocycles. The van der Waals surface area contributed by atoms with Crippen LogP contribution in [0.15, 0.2) is 10.2 Å². The smallest absolute Gasteiger partial charge is 0.440 e. The molecular formula is C16H30N2O4. The molecule has 0 saturated heterocycles. The molecule has 0 aliphatic rings. The summed E-state index contributed by atoms with van der Waals surface area (Å²) in [4.78, 5) is 23.4. The molecule has 6 heteroatoms. The molecule has 22 heavy (non-hydrogen) atoms. The van der Waals surface area contributed by atoms with Gasteiger partial charge in [0.1, 0.15) is 11.2 Å². The van der Waals surface area contributed by atoms with Crippen LogP contribution in [0.3, 0.4) is 0 Å². The molecule has 0 aromatic rings. The van der Waals surface area contributed by atoms with Crippen molar-refractivity contribution in [2.24, 2.45) is 10.2 Å². The molecule has 0 unspecified atom stereocenters. The Morgan fingerprint density at radius 1 is 0.636 bits per heavy atom. The summed E-state index contributed by atoms with van der Waals surface area (Å²) in [7, 11) is 0. The fraction of sp³-hybridized carbons (Fsp3) is 0.875. The topological polar surface area (TPSA) is 77.3 Å². The zero-order chi connectivity index (χ0) is 17.2. The van der Waals surface area contributed by atoms with Crippen molar-refractivity contribution in [3.05, 3.63) is 0 Å². The van der Waals surface area contributed by atoms with E-state index in [1.807, 2.05) is 41.5 Å². The van der Waals surface area contributed by atoms with Crippen LogP contribution in [0.4, 0.5) is 9.59 Å². The lowest BCUT2D eigenvalue weighted by molar-refractivity contribution is 0.000929. The van der Waals surface area contributed by atoms with Gasteiger partial charge < -0.3 is 9.47 Å². The molecule has 0 rings (SSSR count). The van der Waals surface area contributed by atoms with Gasteiger partial charge in [0.15, 0.2) is 0 Å². The third-order valence-electron chi connectivity index (χ3n) is 4.69. The fourth-order valence-electron chi connectivity index (χ4n) is 2.43. The van der Waals surface area contributed by atoms with Gasteiger partial charge in [0.25, 0.3) is 0 Å². The average Bonchev–Trinajstić information content (AvgIpc) is 2.56. The van der Waals surface area contributed by atoms with Gasteiger partial charge in [-0.3, -0.25) is 0 Å². The first kappa shape index (κ1) is 20.5. The molecule has 0 fully saturated rings. The summed E-state index contributed by atoms with van der Waals surface area (Å²) in [6, 6.07) is 0. The third kappa shape index (κ3) is 5.73. The molecule has 0 heterocycles. The normalized spacial score (nSPS) is 12.5. The molecule has 0 aromatic heterocycles. The molecule has 128 valence electrons. The lowest BCUT2D eigenvalue weighted by Crippen LogP contribution is -2.32. The minimum Gasteiger partial charge on any atom is -0.440 e. The first-order valence-corrected chi connectivity index (χ1v) is 8.24. The van der Waals surface area contributed by atoms with E-state index in [2.05, 4.69) is 10.2 Å². The Labute approximate surface area is 133 Å². The Kier molecular flexibility index (Phi) is 8.90. The summed E-state index contributed by atoms with van der Waals surface area (Å²) < 4.78 is 10.7. The van der Waals surface area contributed by atoms with Crippen molar-refractivity contribution in [1.29, 1.82) is 0 Å². The number of hydrogen-bond donors (Lipinski definition) is 0. The van der Waals surface area contributed by atoms with Gasteiger partial charge in [0.2, 0.25) is 0 Å². The molecule has 0 aromatic carbocycles. The molecule has 6 nitrogen and oxygen atoms in total. The van der Waals surface area contributed by atoms with Gasteiger partial charge in [0, 0.05) is 0 Å². The predicted octanol–water partition coefficient (Wildman–Crippen LogP) is 5.65. The van der Waals surface area contributed by atoms with Crippen molar-refractivity contribution in [2.45, 2.75) is 91.3 Å². The molecule has 0 spiro atoms. The maximum atomic E-state index is 11.7. The number of ether oxygens (including phenoxy) is 2. The standard InChI is InChI=1S/C16H30N2O4/c1-7-15(8-2,9-3)21-13(19)17-18-14(20)22-16(10-4,11-5)12-6/h7-12H2,1-6H3. The number of amides is 2. The van der Waals surface area contributed by atoms with E-state index in [0.717, 1.165) is 0 Å². The molecule has 0 atom stereocenters. The summed E-state index contributed by atoms with van der Waals surface area (Å²) in [6.45, 7) is 11.7. The molecule has 0 aliphatic heterocycles. The average molecular weight is 314 g/mol. The van der Waals surface area contributed by atoms with E-state index >= 15 is 0 Å². The van der Waals surface area contributed by atoms with E-state index in [0.29, 0.717) is 38.5 Å². The van der Waals surface area contributed by atoms with E-state index in [4.69, 9.17) is 9.47 Å². The summed E-state index contributed by atoms with van der Waals surface area (Å²) in [6.07, 6.45) is 2.45. The highest BCUT2D eigenvalue weighted by Crippen LogP contribution is 2.26. The first-order chi connectivity index (χ1) is 10.4. The van der Waals surface area contributed by atoms with Gasteiger partial charge >= 0.3 is 12.2 Å². The van der Waals surface area contributed by atoms with Crippen LogP contribution in [0.1, 0.15) is 80.1 Å². The van der Waals surface area contributed by atoms with Crippen LogP contribution in [-0.2, 0) is 9.47 Å². The van der Waals surface area contributed by atoms with Gasteiger partial charge in [-0.2, -0.15) is 0 Å². The van der Waals surface area contributed by atoms with Gasteiger partial charge in [-0.05, 0) is 38.5 Å². The van der Waals surface area contributed by atoms with Crippen LogP contribution < -0.4 is 0 Å². The first-order valence-electron chi connectivity index (χ1n) is 8.24. The second-order valence-electron chi connectivity index (χ2n) is 5.42. The van der Waals surface area contributed by atoms with E-state index < -0.39 is 23.4 Å². The van der Waals surface area contributed by atoms with Crippen LogP contribution in [0.5, 0.6) is 0 Å². The Morgan fingerprint density at radius 3 is 1.05 bits per heavy atom. The van der Waals surface area contributed by atoms with Crippen molar-refractivity contribution in [3.8, 4) is 0 Å². The van der Waals surface area contributed by atoms with Gasteiger partial charge in [-0.25, -0.2) is 9.59 Å². The van der Waals surface area contributed by atoms with Crippen LogP contribution in [0, 0.1) is 0 Å². The molecule has 0 radical (unpaired) electrons. The highest BCUT2D eigenvalue weighted by molar-refractivity contribution is 5.73. The van der Waals surface area contributed by atoms with Crippen LogP contribution in [0.2, 0.25) is 0 Å². The molecule has 0 aliphatic carbocycles. The Bertz CT molecular complexity index is 333. The highest BCUT2D eigenvalue weighted by atomic mass is 16.6. The minimum atomic E-state index is -0.849. The van der Waals surface area contributed by atoms with E-state index in [1.165, 1.54) is 0 Å². The summed E-state index contributed by atoms with van der Waals surface area (Å²) in [5.41, 5.74) is -1.08. The maximum absolute atomic E-state index is 11.7. The van der Waals surface area contributed by atoms with Gasteiger partial charge in [-0.1, -0.05) is 51.8 Å². The summed E-state index contributed by atoms with van der Waals surface area (Å²) in [5.74, 6) is 0. The molecule has 0 bridgehead atoms. The number of rotatable bonds is 8. The van der Waals surface area contributed by atoms with Crippen molar-refractivity contribution in [1.82, 2.24) is 0 Å². The number of carbonyl (C=O) groups excluding carboxylic acids is 2. The van der Waals surface area contributed by atoms with E-state index in [1.54, 1.807) is 0 Å². The molecule has 2 amide bonds. The summed E-state index contributed by atoms with van der Waals surface area (Å²) in [5, 5.41) is 6.66. The highest BCUT2D eigenvalue weighted by Gasteiger charge is 2.30. The SMILES string of the molecule is CCC(CC)(CC)OC(=O)N=NC(=O)OC(CC)(CC)CC. The number of azo groups is 1. The van der Waals surface area contributed by atoms with Gasteiger partial charge in [0.05, 0.1) is 0 Å². The van der Waals surface area contributed by atoms with Crippen molar-refractivity contribution < 1.29 is 19.1 Å². The predicted molar refractivity (Wildman–Crippen MR) is 85.0 cm³/mol. The minimum absolute atomic E-state index is 0.542. The lowest BCUT2D eigenvalue weighted by Gasteiger charge is -2.29. The van der Waals surface area contributed by atoms with Crippen LogP contribution >= 0.6 is 0 Å². The van der Waals surface area contributed by atoms with Crippen LogP contribution in [-0.4, -0.2) is 23.4 Å². The molecule has 0 N–H and O–H groups in total. The second kappa shape index (κ2) is 9.54. The van der Waals surface area contributed by atoms with E-state index in [9.17, 15) is 9.59 Å². The van der Waals surface area contributed by atoms with Crippen molar-refractivity contribution in [2.75, 3.05) is 0 Å². The summed E-state index contributed by atoms with van der Waals surface area (Å²) >= 11 is 0. The van der Waals surface area contributed by atoms with Crippen molar-refractivity contribution in [3.63, 3.8) is 0 Å². The van der Waals surface area contributed by atoms with E-state index in [-0.39, 0.29) is 0 Å². The Balaban J connectivity index is 4.71. The number of carbonyl (C=O) groups is 2.